The van der Waals surface area contributed by atoms with Gasteiger partial charge in [0, 0.05) is 6.61 Å². The molecule has 0 aromatic heterocycles. The molecule has 2 fully saturated rings. The van der Waals surface area contributed by atoms with Crippen LogP contribution >= 0.6 is 0 Å². The molecule has 2 rings (SSSR count). The Morgan fingerprint density at radius 2 is 1.47 bits per heavy atom. The Balaban J connectivity index is 1.56. The molecule has 0 amide bonds. The van der Waals surface area contributed by atoms with Crippen molar-refractivity contribution in [1.82, 2.24) is 4.90 Å². The molecular formula is C15H29NO. The fourth-order valence-corrected chi connectivity index (χ4v) is 3.68. The van der Waals surface area contributed by atoms with Gasteiger partial charge in [-0.1, -0.05) is 25.7 Å². The fraction of sp³-hybridized carbons (Fsp3) is 1.00. The molecular weight excluding hydrogens is 210 g/mol. The van der Waals surface area contributed by atoms with E-state index in [0.29, 0.717) is 6.61 Å². The van der Waals surface area contributed by atoms with Crippen molar-refractivity contribution in [2.45, 2.75) is 64.2 Å². The maximum atomic E-state index is 8.72. The lowest BCUT2D eigenvalue weighted by Crippen LogP contribution is -2.39. The van der Waals surface area contributed by atoms with E-state index in [-0.39, 0.29) is 0 Å². The third kappa shape index (κ3) is 3.96. The Morgan fingerprint density at radius 1 is 0.824 bits per heavy atom. The third-order valence-corrected chi connectivity index (χ3v) is 4.96. The number of rotatable bonds is 6. The number of hydrogen-bond donors (Lipinski definition) is 1. The first kappa shape index (κ1) is 13.4. The van der Waals surface area contributed by atoms with Gasteiger partial charge in [-0.3, -0.25) is 0 Å². The van der Waals surface area contributed by atoms with Crippen LogP contribution in [0.25, 0.3) is 0 Å². The molecule has 0 radical (unpaired) electrons. The van der Waals surface area contributed by atoms with Gasteiger partial charge in [0.05, 0.1) is 0 Å². The molecule has 100 valence electrons. The Labute approximate surface area is 106 Å². The second-order valence-electron chi connectivity index (χ2n) is 6.19. The van der Waals surface area contributed by atoms with Crippen LogP contribution in [0.3, 0.4) is 0 Å². The molecule has 1 aliphatic heterocycles. The van der Waals surface area contributed by atoms with E-state index in [9.17, 15) is 0 Å². The van der Waals surface area contributed by atoms with E-state index in [0.717, 1.165) is 11.8 Å². The molecule has 1 saturated carbocycles. The molecule has 1 spiro atoms. The van der Waals surface area contributed by atoms with Crippen LogP contribution in [0.4, 0.5) is 0 Å². The van der Waals surface area contributed by atoms with E-state index in [1.54, 1.807) is 0 Å². The number of aliphatic hydroxyl groups excluding tert-OH is 1. The van der Waals surface area contributed by atoms with E-state index >= 15 is 0 Å². The standard InChI is InChI=1S/C15H29NO/c17-14-6-2-1-5-11-16-12-9-15(10-13-16)7-3-4-8-15/h17H,1-14H2. The minimum absolute atomic E-state index is 0.367. The summed E-state index contributed by atoms with van der Waals surface area (Å²) in [5.41, 5.74) is 0.771. The summed E-state index contributed by atoms with van der Waals surface area (Å²) >= 11 is 0. The second kappa shape index (κ2) is 6.75. The van der Waals surface area contributed by atoms with E-state index in [1.807, 2.05) is 0 Å². The summed E-state index contributed by atoms with van der Waals surface area (Å²) in [6.45, 7) is 4.35. The molecule has 1 heterocycles. The Morgan fingerprint density at radius 3 is 2.12 bits per heavy atom. The number of unbranched alkanes of at least 4 members (excludes halogenated alkanes) is 3. The summed E-state index contributed by atoms with van der Waals surface area (Å²) < 4.78 is 0. The summed E-state index contributed by atoms with van der Waals surface area (Å²) in [7, 11) is 0. The van der Waals surface area contributed by atoms with Gasteiger partial charge >= 0.3 is 0 Å². The van der Waals surface area contributed by atoms with Crippen molar-refractivity contribution >= 4 is 0 Å². The van der Waals surface area contributed by atoms with Gasteiger partial charge < -0.3 is 10.0 Å². The van der Waals surface area contributed by atoms with Crippen LogP contribution in [0, 0.1) is 5.41 Å². The monoisotopic (exact) mass is 239 g/mol. The maximum Gasteiger partial charge on any atom is 0.0431 e. The predicted octanol–water partition coefficient (Wildman–Crippen LogP) is 3.20. The summed E-state index contributed by atoms with van der Waals surface area (Å²) in [4.78, 5) is 2.67. The normalized spacial score (nSPS) is 24.5. The second-order valence-corrected chi connectivity index (χ2v) is 6.19. The molecule has 0 bridgehead atoms. The molecule has 2 aliphatic rings. The van der Waals surface area contributed by atoms with Crippen molar-refractivity contribution in [2.75, 3.05) is 26.2 Å². The first-order chi connectivity index (χ1) is 8.35. The van der Waals surface area contributed by atoms with Crippen LogP contribution in [0.1, 0.15) is 64.2 Å². The summed E-state index contributed by atoms with van der Waals surface area (Å²) in [6.07, 6.45) is 13.7. The molecule has 1 saturated heterocycles. The van der Waals surface area contributed by atoms with Gasteiger partial charge in [0.1, 0.15) is 0 Å². The van der Waals surface area contributed by atoms with Gasteiger partial charge in [-0.05, 0) is 63.6 Å². The van der Waals surface area contributed by atoms with Gasteiger partial charge in [0.25, 0.3) is 0 Å². The number of likely N-dealkylation sites (tertiary alicyclic amines) is 1. The van der Waals surface area contributed by atoms with Crippen LogP contribution in [-0.4, -0.2) is 36.2 Å². The lowest BCUT2D eigenvalue weighted by Gasteiger charge is -2.39. The minimum atomic E-state index is 0.367. The highest BCUT2D eigenvalue weighted by atomic mass is 16.2. The highest BCUT2D eigenvalue weighted by molar-refractivity contribution is 4.89. The van der Waals surface area contributed by atoms with Crippen LogP contribution in [0.2, 0.25) is 0 Å². The minimum Gasteiger partial charge on any atom is -0.396 e. The third-order valence-electron chi connectivity index (χ3n) is 4.96. The molecule has 1 N–H and O–H groups in total. The van der Waals surface area contributed by atoms with Crippen LogP contribution in [-0.2, 0) is 0 Å². The molecule has 2 nitrogen and oxygen atoms in total. The molecule has 0 atom stereocenters. The Bertz CT molecular complexity index is 201. The highest BCUT2D eigenvalue weighted by Crippen LogP contribution is 2.46. The van der Waals surface area contributed by atoms with Crippen molar-refractivity contribution in [3.63, 3.8) is 0 Å². The average molecular weight is 239 g/mol. The quantitative estimate of drug-likeness (QED) is 0.720. The van der Waals surface area contributed by atoms with Crippen LogP contribution in [0.15, 0.2) is 0 Å². The SMILES string of the molecule is OCCCCCCN1CCC2(CCCC2)CC1. The molecule has 2 heteroatoms. The summed E-state index contributed by atoms with van der Waals surface area (Å²) in [5, 5.41) is 8.72. The van der Waals surface area contributed by atoms with Crippen molar-refractivity contribution in [3.8, 4) is 0 Å². The average Bonchev–Trinajstić information content (AvgIpc) is 2.80. The van der Waals surface area contributed by atoms with Gasteiger partial charge in [0.15, 0.2) is 0 Å². The zero-order chi connectivity index (χ0) is 12.0. The van der Waals surface area contributed by atoms with Crippen molar-refractivity contribution < 1.29 is 5.11 Å². The van der Waals surface area contributed by atoms with Crippen LogP contribution < -0.4 is 0 Å². The van der Waals surface area contributed by atoms with Gasteiger partial charge in [-0.15, -0.1) is 0 Å². The fourth-order valence-electron chi connectivity index (χ4n) is 3.68. The molecule has 0 aromatic carbocycles. The maximum absolute atomic E-state index is 8.72. The van der Waals surface area contributed by atoms with Crippen molar-refractivity contribution in [1.29, 1.82) is 0 Å². The lowest BCUT2D eigenvalue weighted by atomic mass is 9.77. The Hall–Kier alpha value is -0.0800. The van der Waals surface area contributed by atoms with Crippen molar-refractivity contribution in [3.05, 3.63) is 0 Å². The highest BCUT2D eigenvalue weighted by Gasteiger charge is 2.36. The largest absolute Gasteiger partial charge is 0.396 e. The summed E-state index contributed by atoms with van der Waals surface area (Å²) in [6, 6.07) is 0. The van der Waals surface area contributed by atoms with Gasteiger partial charge in [0.2, 0.25) is 0 Å². The smallest absolute Gasteiger partial charge is 0.0431 e. The number of piperidine rings is 1. The van der Waals surface area contributed by atoms with Crippen LogP contribution in [0.5, 0.6) is 0 Å². The van der Waals surface area contributed by atoms with E-state index in [2.05, 4.69) is 4.90 Å². The van der Waals surface area contributed by atoms with Crippen molar-refractivity contribution in [2.24, 2.45) is 5.41 Å². The predicted molar refractivity (Wildman–Crippen MR) is 72.1 cm³/mol. The molecule has 1 aliphatic carbocycles. The molecule has 17 heavy (non-hydrogen) atoms. The molecule has 0 aromatic rings. The first-order valence-electron chi connectivity index (χ1n) is 7.68. The van der Waals surface area contributed by atoms with Gasteiger partial charge in [-0.2, -0.15) is 0 Å². The number of nitrogens with zero attached hydrogens (tertiary/aromatic N) is 1. The number of hydrogen-bond acceptors (Lipinski definition) is 2. The number of aliphatic hydroxyl groups is 1. The molecule has 0 unspecified atom stereocenters. The van der Waals surface area contributed by atoms with E-state index < -0.39 is 0 Å². The lowest BCUT2D eigenvalue weighted by molar-refractivity contribution is 0.107. The van der Waals surface area contributed by atoms with Gasteiger partial charge in [-0.25, -0.2) is 0 Å². The first-order valence-corrected chi connectivity index (χ1v) is 7.68. The topological polar surface area (TPSA) is 23.5 Å². The van der Waals surface area contributed by atoms with E-state index in [1.165, 1.54) is 77.4 Å². The Kier molecular flexibility index (Phi) is 5.30. The van der Waals surface area contributed by atoms with E-state index in [4.69, 9.17) is 5.11 Å². The summed E-state index contributed by atoms with van der Waals surface area (Å²) in [5.74, 6) is 0. The zero-order valence-electron chi connectivity index (χ0n) is 11.3. The zero-order valence-corrected chi connectivity index (χ0v) is 11.3.